The molecule has 1 aliphatic rings. The van der Waals surface area contributed by atoms with E-state index in [9.17, 15) is 0 Å². The minimum atomic E-state index is 0.677. The summed E-state index contributed by atoms with van der Waals surface area (Å²) in [5.41, 5.74) is 1.30. The third-order valence-electron chi connectivity index (χ3n) is 3.32. The van der Waals surface area contributed by atoms with Crippen molar-refractivity contribution in [3.05, 3.63) is 28.5 Å². The monoisotopic (exact) mass is 360 g/mol. The Labute approximate surface area is 120 Å². The van der Waals surface area contributed by atoms with E-state index >= 15 is 0 Å². The minimum Gasteiger partial charge on any atom is -0.295 e. The van der Waals surface area contributed by atoms with Crippen molar-refractivity contribution in [2.45, 2.75) is 38.3 Å². The van der Waals surface area contributed by atoms with Crippen molar-refractivity contribution >= 4 is 31.9 Å². The lowest BCUT2D eigenvalue weighted by Gasteiger charge is -2.28. The lowest BCUT2D eigenvalue weighted by Crippen LogP contribution is -2.35. The molecule has 1 aromatic heterocycles. The van der Waals surface area contributed by atoms with Crippen LogP contribution in [0.4, 0.5) is 0 Å². The fraction of sp³-hybridized carbons (Fsp3) is 0.615. The van der Waals surface area contributed by atoms with Gasteiger partial charge in [-0.1, -0.05) is 28.8 Å². The predicted octanol–water partition coefficient (Wildman–Crippen LogP) is 3.98. The van der Waals surface area contributed by atoms with Crippen LogP contribution in [0.5, 0.6) is 0 Å². The fourth-order valence-corrected chi connectivity index (χ4v) is 3.54. The molecule has 0 saturated carbocycles. The van der Waals surface area contributed by atoms with E-state index in [2.05, 4.69) is 47.8 Å². The van der Waals surface area contributed by atoms with Crippen molar-refractivity contribution < 1.29 is 0 Å². The van der Waals surface area contributed by atoms with Crippen LogP contribution in [0.25, 0.3) is 0 Å². The third kappa shape index (κ3) is 4.04. The molecule has 0 bridgehead atoms. The molecule has 2 heterocycles. The second-order valence-electron chi connectivity index (χ2n) is 4.64. The molecule has 0 spiro atoms. The van der Waals surface area contributed by atoms with Gasteiger partial charge in [-0.25, -0.2) is 0 Å². The van der Waals surface area contributed by atoms with Crippen molar-refractivity contribution in [1.29, 1.82) is 0 Å². The lowest BCUT2D eigenvalue weighted by atomic mass is 10.1. The predicted molar refractivity (Wildman–Crippen MR) is 78.4 cm³/mol. The van der Waals surface area contributed by atoms with Crippen molar-refractivity contribution in [3.8, 4) is 0 Å². The van der Waals surface area contributed by atoms with Crippen molar-refractivity contribution in [1.82, 2.24) is 9.88 Å². The molecule has 1 fully saturated rings. The molecule has 1 saturated heterocycles. The Morgan fingerprint density at radius 3 is 2.94 bits per heavy atom. The van der Waals surface area contributed by atoms with Gasteiger partial charge in [0.1, 0.15) is 0 Å². The number of likely N-dealkylation sites (tertiary alicyclic amines) is 1. The van der Waals surface area contributed by atoms with Crippen molar-refractivity contribution in [2.24, 2.45) is 0 Å². The molecule has 1 atom stereocenters. The fourth-order valence-electron chi connectivity index (χ4n) is 2.40. The van der Waals surface area contributed by atoms with Crippen LogP contribution in [-0.2, 0) is 6.54 Å². The van der Waals surface area contributed by atoms with Gasteiger partial charge < -0.3 is 0 Å². The molecule has 1 aromatic rings. The summed E-state index contributed by atoms with van der Waals surface area (Å²) in [5.74, 6) is 0. The Morgan fingerprint density at radius 1 is 1.29 bits per heavy atom. The number of nitrogens with zero attached hydrogens (tertiary/aromatic N) is 2. The Balaban J connectivity index is 2.04. The summed E-state index contributed by atoms with van der Waals surface area (Å²) in [6.07, 6.45) is 9.19. The first-order chi connectivity index (χ1) is 8.29. The van der Waals surface area contributed by atoms with E-state index in [-0.39, 0.29) is 0 Å². The molecule has 1 unspecified atom stereocenters. The van der Waals surface area contributed by atoms with Crippen LogP contribution in [0.2, 0.25) is 0 Å². The zero-order valence-electron chi connectivity index (χ0n) is 9.91. The van der Waals surface area contributed by atoms with Gasteiger partial charge in [-0.15, -0.1) is 0 Å². The van der Waals surface area contributed by atoms with Gasteiger partial charge in [-0.05, 0) is 46.9 Å². The Morgan fingerprint density at radius 2 is 2.18 bits per heavy atom. The van der Waals surface area contributed by atoms with E-state index < -0.39 is 0 Å². The van der Waals surface area contributed by atoms with Crippen LogP contribution < -0.4 is 0 Å². The van der Waals surface area contributed by atoms with Gasteiger partial charge in [0.05, 0.1) is 0 Å². The average molecular weight is 362 g/mol. The lowest BCUT2D eigenvalue weighted by molar-refractivity contribution is 0.209. The molecule has 1 aliphatic heterocycles. The molecule has 4 heteroatoms. The highest BCUT2D eigenvalue weighted by atomic mass is 79.9. The van der Waals surface area contributed by atoms with Gasteiger partial charge in [-0.3, -0.25) is 9.88 Å². The molecule has 0 amide bonds. The Hall–Kier alpha value is 0.0700. The van der Waals surface area contributed by atoms with Crippen LogP contribution in [0.15, 0.2) is 22.9 Å². The number of alkyl halides is 1. The molecule has 94 valence electrons. The molecule has 0 aliphatic carbocycles. The molecule has 2 nitrogen and oxygen atoms in total. The number of pyridine rings is 1. The molecular weight excluding hydrogens is 344 g/mol. The summed E-state index contributed by atoms with van der Waals surface area (Å²) in [5, 5.41) is 1.08. The highest BCUT2D eigenvalue weighted by Gasteiger charge is 2.19. The highest BCUT2D eigenvalue weighted by molar-refractivity contribution is 9.10. The number of halogens is 2. The molecular formula is C13H18Br2N2. The second kappa shape index (κ2) is 6.86. The molecule has 0 N–H and O–H groups in total. The maximum atomic E-state index is 4.24. The van der Waals surface area contributed by atoms with E-state index in [4.69, 9.17) is 0 Å². The highest BCUT2D eigenvalue weighted by Crippen LogP contribution is 2.21. The van der Waals surface area contributed by atoms with E-state index in [1.54, 1.807) is 0 Å². The molecule has 17 heavy (non-hydrogen) atoms. The van der Waals surface area contributed by atoms with Crippen LogP contribution >= 0.6 is 31.9 Å². The van der Waals surface area contributed by atoms with E-state index in [0.717, 1.165) is 16.3 Å². The van der Waals surface area contributed by atoms with Crippen LogP contribution in [0, 0.1) is 0 Å². The maximum Gasteiger partial charge on any atom is 0.0410 e. The Kier molecular flexibility index (Phi) is 5.45. The summed E-state index contributed by atoms with van der Waals surface area (Å²) in [7, 11) is 0. The van der Waals surface area contributed by atoms with Crippen LogP contribution in [0.3, 0.4) is 0 Å². The topological polar surface area (TPSA) is 16.1 Å². The smallest absolute Gasteiger partial charge is 0.0410 e. The largest absolute Gasteiger partial charge is 0.295 e. The number of hydrogen-bond acceptors (Lipinski definition) is 2. The van der Waals surface area contributed by atoms with Gasteiger partial charge in [0, 0.05) is 34.8 Å². The average Bonchev–Trinajstić information content (AvgIpc) is 2.54. The SMILES string of the molecule is BrCC1CCCCCN1Cc1cncc(Br)c1. The molecule has 2 rings (SSSR count). The summed E-state index contributed by atoms with van der Waals surface area (Å²) < 4.78 is 1.07. The van der Waals surface area contributed by atoms with Crippen LogP contribution in [-0.4, -0.2) is 27.8 Å². The quantitative estimate of drug-likeness (QED) is 0.757. The minimum absolute atomic E-state index is 0.677. The van der Waals surface area contributed by atoms with Crippen molar-refractivity contribution in [3.63, 3.8) is 0 Å². The summed E-state index contributed by atoms with van der Waals surface area (Å²) in [6, 6.07) is 2.85. The summed E-state index contributed by atoms with van der Waals surface area (Å²) in [4.78, 5) is 6.83. The van der Waals surface area contributed by atoms with E-state index in [0.29, 0.717) is 6.04 Å². The number of aromatic nitrogens is 1. The summed E-state index contributed by atoms with van der Waals surface area (Å²) >= 11 is 7.13. The van der Waals surface area contributed by atoms with E-state index in [1.807, 2.05) is 12.4 Å². The standard InChI is InChI=1S/C13H18Br2N2/c14-7-13-4-2-1-3-5-17(13)10-11-6-12(15)9-16-8-11/h6,8-9,13H,1-5,7,10H2. The number of hydrogen-bond donors (Lipinski definition) is 0. The first-order valence-corrected chi connectivity index (χ1v) is 8.10. The van der Waals surface area contributed by atoms with Gasteiger partial charge in [-0.2, -0.15) is 0 Å². The first-order valence-electron chi connectivity index (χ1n) is 6.19. The zero-order valence-corrected chi connectivity index (χ0v) is 13.1. The van der Waals surface area contributed by atoms with Crippen molar-refractivity contribution in [2.75, 3.05) is 11.9 Å². The van der Waals surface area contributed by atoms with E-state index in [1.165, 1.54) is 37.8 Å². The Bertz CT molecular complexity index is 357. The summed E-state index contributed by atoms with van der Waals surface area (Å²) in [6.45, 7) is 2.23. The van der Waals surface area contributed by atoms with Gasteiger partial charge >= 0.3 is 0 Å². The maximum absolute atomic E-state index is 4.24. The third-order valence-corrected chi connectivity index (χ3v) is 4.51. The first kappa shape index (κ1) is 13.5. The van der Waals surface area contributed by atoms with Gasteiger partial charge in [0.15, 0.2) is 0 Å². The zero-order chi connectivity index (χ0) is 12.1. The van der Waals surface area contributed by atoms with Crippen LogP contribution in [0.1, 0.15) is 31.2 Å². The molecule has 0 aromatic carbocycles. The molecule has 0 radical (unpaired) electrons. The van der Waals surface area contributed by atoms with Gasteiger partial charge in [0.2, 0.25) is 0 Å². The van der Waals surface area contributed by atoms with Gasteiger partial charge in [0.25, 0.3) is 0 Å². The second-order valence-corrected chi connectivity index (χ2v) is 6.20. The number of rotatable bonds is 3. The normalized spacial score (nSPS) is 22.4.